The molecule has 30 heavy (non-hydrogen) atoms. The van der Waals surface area contributed by atoms with E-state index >= 15 is 0 Å². The minimum absolute atomic E-state index is 0.120. The molecule has 0 bridgehead atoms. The van der Waals surface area contributed by atoms with Crippen LogP contribution in [0.15, 0.2) is 83.8 Å². The monoisotopic (exact) mass is 438 g/mol. The van der Waals surface area contributed by atoms with Crippen LogP contribution in [0, 0.1) is 6.92 Å². The fraction of sp³-hybridized carbons (Fsp3) is 0.0909. The van der Waals surface area contributed by atoms with Crippen LogP contribution in [0.25, 0.3) is 11.4 Å². The highest BCUT2D eigenvalue weighted by molar-refractivity contribution is 7.90. The summed E-state index contributed by atoms with van der Waals surface area (Å²) in [5.74, 6) is 0.433. The third-order valence-corrected chi connectivity index (χ3v) is 6.50. The van der Waals surface area contributed by atoms with Crippen LogP contribution in [0.5, 0.6) is 0 Å². The Morgan fingerprint density at radius 1 is 0.933 bits per heavy atom. The Balaban J connectivity index is 1.76. The molecule has 0 unspecified atom stereocenters. The minimum Gasteiger partial charge on any atom is -0.349 e. The number of rotatable bonds is 6. The van der Waals surface area contributed by atoms with Gasteiger partial charge in [0.25, 0.3) is 10.0 Å². The molecule has 1 heterocycles. The highest BCUT2D eigenvalue weighted by atomic mass is 35.5. The number of halogens is 1. The van der Waals surface area contributed by atoms with Crippen LogP contribution in [0.2, 0.25) is 5.02 Å². The van der Waals surface area contributed by atoms with Gasteiger partial charge in [-0.3, -0.25) is 0 Å². The number of anilines is 1. The second-order valence-corrected chi connectivity index (χ2v) is 8.91. The van der Waals surface area contributed by atoms with Gasteiger partial charge in [0.1, 0.15) is 0 Å². The minimum atomic E-state index is -3.94. The summed E-state index contributed by atoms with van der Waals surface area (Å²) in [6, 6.07) is 23.2. The maximum absolute atomic E-state index is 13.3. The van der Waals surface area contributed by atoms with Crippen LogP contribution in [-0.4, -0.2) is 22.6 Å². The lowest BCUT2D eigenvalue weighted by Gasteiger charge is -2.10. The molecular weight excluding hydrogens is 420 g/mol. The van der Waals surface area contributed by atoms with Crippen molar-refractivity contribution in [3.05, 3.63) is 95.0 Å². The molecule has 8 heteroatoms. The fourth-order valence-corrected chi connectivity index (χ4v) is 4.31. The molecule has 0 atom stereocenters. The Labute approximate surface area is 180 Å². The predicted octanol–water partition coefficient (Wildman–Crippen LogP) is 4.76. The van der Waals surface area contributed by atoms with E-state index < -0.39 is 10.0 Å². The molecule has 6 nitrogen and oxygen atoms in total. The molecule has 0 aliphatic carbocycles. The number of benzene rings is 3. The van der Waals surface area contributed by atoms with E-state index in [4.69, 9.17) is 11.6 Å². The molecule has 0 saturated heterocycles. The SMILES string of the molecule is Cc1ccc(S(=O)(=O)n2nc(-c3ccccc3)nc2NCc2ccccc2Cl)cc1. The summed E-state index contributed by atoms with van der Waals surface area (Å²) in [5.41, 5.74) is 2.51. The highest BCUT2D eigenvalue weighted by Gasteiger charge is 2.24. The fourth-order valence-electron chi connectivity index (χ4n) is 2.91. The van der Waals surface area contributed by atoms with Gasteiger partial charge < -0.3 is 5.32 Å². The Kier molecular flexibility index (Phi) is 5.57. The summed E-state index contributed by atoms with van der Waals surface area (Å²) in [4.78, 5) is 4.59. The second kappa shape index (κ2) is 8.30. The van der Waals surface area contributed by atoms with Gasteiger partial charge in [0, 0.05) is 17.1 Å². The molecule has 0 aliphatic rings. The molecule has 1 N–H and O–H groups in total. The normalized spacial score (nSPS) is 11.4. The van der Waals surface area contributed by atoms with E-state index in [9.17, 15) is 8.42 Å². The van der Waals surface area contributed by atoms with Gasteiger partial charge in [-0.25, -0.2) is 0 Å². The van der Waals surface area contributed by atoms with Gasteiger partial charge in [-0.05, 0) is 30.7 Å². The van der Waals surface area contributed by atoms with E-state index in [0.717, 1.165) is 20.8 Å². The van der Waals surface area contributed by atoms with Crippen molar-refractivity contribution in [3.63, 3.8) is 0 Å². The average molecular weight is 439 g/mol. The molecule has 4 rings (SSSR count). The van der Waals surface area contributed by atoms with E-state index in [2.05, 4.69) is 15.4 Å². The first kappa shape index (κ1) is 20.1. The summed E-state index contributed by atoms with van der Waals surface area (Å²) >= 11 is 6.23. The van der Waals surface area contributed by atoms with Crippen molar-refractivity contribution in [2.75, 3.05) is 5.32 Å². The van der Waals surface area contributed by atoms with E-state index in [0.29, 0.717) is 17.4 Å². The zero-order valence-corrected chi connectivity index (χ0v) is 17.7. The molecule has 0 fully saturated rings. The maximum Gasteiger partial charge on any atom is 0.286 e. The van der Waals surface area contributed by atoms with Crippen molar-refractivity contribution in [2.24, 2.45) is 0 Å². The standard InChI is InChI=1S/C22H19ClN4O2S/c1-16-11-13-19(14-12-16)30(28,29)27-22(24-15-18-9-5-6-10-20(18)23)25-21(26-27)17-7-3-2-4-8-17/h2-14H,15H2,1H3,(H,24,25,26). The van der Waals surface area contributed by atoms with Crippen molar-refractivity contribution < 1.29 is 8.42 Å². The summed E-state index contributed by atoms with van der Waals surface area (Å²) in [6.45, 7) is 2.20. The number of hydrogen-bond acceptors (Lipinski definition) is 5. The molecule has 1 aromatic heterocycles. The number of nitrogens with zero attached hydrogens (tertiary/aromatic N) is 3. The Morgan fingerprint density at radius 3 is 2.30 bits per heavy atom. The largest absolute Gasteiger partial charge is 0.349 e. The summed E-state index contributed by atoms with van der Waals surface area (Å²) in [6.07, 6.45) is 0. The molecule has 4 aromatic rings. The first-order valence-corrected chi connectivity index (χ1v) is 11.1. The van der Waals surface area contributed by atoms with Crippen LogP contribution in [0.3, 0.4) is 0 Å². The van der Waals surface area contributed by atoms with Crippen molar-refractivity contribution in [3.8, 4) is 11.4 Å². The third-order valence-electron chi connectivity index (χ3n) is 4.55. The molecular formula is C22H19ClN4O2S. The van der Waals surface area contributed by atoms with Crippen LogP contribution >= 0.6 is 11.6 Å². The van der Waals surface area contributed by atoms with Gasteiger partial charge in [-0.1, -0.05) is 77.8 Å². The van der Waals surface area contributed by atoms with Crippen molar-refractivity contribution in [2.45, 2.75) is 18.4 Å². The second-order valence-electron chi connectivity index (χ2n) is 6.73. The predicted molar refractivity (Wildman–Crippen MR) is 118 cm³/mol. The van der Waals surface area contributed by atoms with Crippen molar-refractivity contribution in [1.29, 1.82) is 0 Å². The van der Waals surface area contributed by atoms with Gasteiger partial charge in [0.05, 0.1) is 4.90 Å². The lowest BCUT2D eigenvalue weighted by molar-refractivity contribution is 0.580. The smallest absolute Gasteiger partial charge is 0.286 e. The molecule has 0 aliphatic heterocycles. The lowest BCUT2D eigenvalue weighted by atomic mass is 10.2. The number of aromatic nitrogens is 3. The van der Waals surface area contributed by atoms with E-state index in [1.54, 1.807) is 30.3 Å². The third kappa shape index (κ3) is 4.08. The van der Waals surface area contributed by atoms with Crippen LogP contribution < -0.4 is 5.32 Å². The molecule has 0 amide bonds. The summed E-state index contributed by atoms with van der Waals surface area (Å²) < 4.78 is 27.5. The molecule has 0 radical (unpaired) electrons. The van der Waals surface area contributed by atoms with Gasteiger partial charge in [-0.15, -0.1) is 9.19 Å². The van der Waals surface area contributed by atoms with Crippen LogP contribution in [0.4, 0.5) is 5.95 Å². The molecule has 3 aromatic carbocycles. The summed E-state index contributed by atoms with van der Waals surface area (Å²) in [7, 11) is -3.94. The Bertz CT molecular complexity index is 1270. The number of aryl methyl sites for hydroxylation is 1. The van der Waals surface area contributed by atoms with Crippen molar-refractivity contribution >= 4 is 27.6 Å². The maximum atomic E-state index is 13.3. The van der Waals surface area contributed by atoms with Crippen LogP contribution in [-0.2, 0) is 16.6 Å². The Hall–Kier alpha value is -3.16. The van der Waals surface area contributed by atoms with Crippen molar-refractivity contribution in [1.82, 2.24) is 14.2 Å². The average Bonchev–Trinajstić information content (AvgIpc) is 3.19. The van der Waals surface area contributed by atoms with Crippen LogP contribution in [0.1, 0.15) is 11.1 Å². The van der Waals surface area contributed by atoms with E-state index in [1.807, 2.05) is 55.5 Å². The number of hydrogen-bond donors (Lipinski definition) is 1. The highest BCUT2D eigenvalue weighted by Crippen LogP contribution is 2.24. The van der Waals surface area contributed by atoms with Gasteiger partial charge >= 0.3 is 0 Å². The number of nitrogens with one attached hydrogen (secondary N) is 1. The van der Waals surface area contributed by atoms with Gasteiger partial charge in [-0.2, -0.15) is 13.4 Å². The molecule has 152 valence electrons. The zero-order chi connectivity index (χ0) is 21.1. The first-order valence-electron chi connectivity index (χ1n) is 9.27. The quantitative estimate of drug-likeness (QED) is 0.469. The Morgan fingerprint density at radius 2 is 1.60 bits per heavy atom. The summed E-state index contributed by atoms with van der Waals surface area (Å²) in [5, 5.41) is 7.97. The zero-order valence-electron chi connectivity index (χ0n) is 16.2. The topological polar surface area (TPSA) is 76.9 Å². The molecule has 0 saturated carbocycles. The molecule has 0 spiro atoms. The van der Waals surface area contributed by atoms with Gasteiger partial charge in [0.15, 0.2) is 5.82 Å². The van der Waals surface area contributed by atoms with Gasteiger partial charge in [0.2, 0.25) is 5.95 Å². The van der Waals surface area contributed by atoms with E-state index in [-0.39, 0.29) is 10.8 Å². The lowest BCUT2D eigenvalue weighted by Crippen LogP contribution is -2.18. The van der Waals surface area contributed by atoms with E-state index in [1.165, 1.54) is 0 Å². The first-order chi connectivity index (χ1) is 14.4.